The summed E-state index contributed by atoms with van der Waals surface area (Å²) in [4.78, 5) is 0. The molecule has 1 radical (unpaired) electrons. The van der Waals surface area contributed by atoms with Crippen LogP contribution in [0.25, 0.3) is 0 Å². The summed E-state index contributed by atoms with van der Waals surface area (Å²) in [6.45, 7) is 0.658. The van der Waals surface area contributed by atoms with E-state index < -0.39 is 9.37 Å². The molecular weight excluding hydrogens is 111 g/mol. The molecule has 1 fully saturated rings. The predicted molar refractivity (Wildman–Crippen MR) is 26.9 cm³/mol. The fourth-order valence-corrected chi connectivity index (χ4v) is 1.66. The van der Waals surface area contributed by atoms with Crippen molar-refractivity contribution in [3.63, 3.8) is 0 Å². The van der Waals surface area contributed by atoms with Gasteiger partial charge in [0, 0.05) is 6.61 Å². The van der Waals surface area contributed by atoms with Crippen molar-refractivity contribution < 1.29 is 8.53 Å². The molecule has 1 heterocycles. The van der Waals surface area contributed by atoms with Gasteiger partial charge in [0.05, 0.1) is 0 Å². The SMILES string of the molecule is F[Si]1CCCCO1. The highest BCUT2D eigenvalue weighted by molar-refractivity contribution is 6.43. The third kappa shape index (κ3) is 1.57. The van der Waals surface area contributed by atoms with Gasteiger partial charge < -0.3 is 4.43 Å². The quantitative estimate of drug-likeness (QED) is 0.344. The van der Waals surface area contributed by atoms with Crippen molar-refractivity contribution in [2.75, 3.05) is 6.61 Å². The molecule has 0 unspecified atom stereocenters. The van der Waals surface area contributed by atoms with E-state index in [0.717, 1.165) is 12.8 Å². The van der Waals surface area contributed by atoms with Crippen LogP contribution in [-0.2, 0) is 4.43 Å². The van der Waals surface area contributed by atoms with Gasteiger partial charge in [-0.1, -0.05) is 0 Å². The molecule has 1 rings (SSSR count). The topological polar surface area (TPSA) is 9.23 Å². The van der Waals surface area contributed by atoms with Crippen LogP contribution in [0.5, 0.6) is 0 Å². The molecule has 7 heavy (non-hydrogen) atoms. The second-order valence-corrected chi connectivity index (χ2v) is 3.16. The third-order valence-corrected chi connectivity index (χ3v) is 2.29. The summed E-state index contributed by atoms with van der Waals surface area (Å²) in [7, 11) is -1.79. The minimum Gasteiger partial charge on any atom is -0.390 e. The number of halogens is 1. The summed E-state index contributed by atoms with van der Waals surface area (Å²) in [6.07, 6.45) is 2.09. The van der Waals surface area contributed by atoms with Gasteiger partial charge in [-0.3, -0.25) is 4.11 Å². The second-order valence-electron chi connectivity index (χ2n) is 1.66. The van der Waals surface area contributed by atoms with Crippen LogP contribution in [0.1, 0.15) is 12.8 Å². The first-order valence-corrected chi connectivity index (χ1v) is 4.03. The average Bonchev–Trinajstić information content (AvgIpc) is 1.69. The summed E-state index contributed by atoms with van der Waals surface area (Å²) >= 11 is 0. The zero-order valence-corrected chi connectivity index (χ0v) is 5.11. The Morgan fingerprint density at radius 1 is 1.43 bits per heavy atom. The average molecular weight is 119 g/mol. The Hall–Kier alpha value is 0.107. The lowest BCUT2D eigenvalue weighted by Gasteiger charge is -2.10. The fraction of sp³-hybridized carbons (Fsp3) is 1.00. The van der Waals surface area contributed by atoms with E-state index in [0.29, 0.717) is 12.7 Å². The van der Waals surface area contributed by atoms with E-state index in [9.17, 15) is 4.11 Å². The molecule has 1 aliphatic heterocycles. The second kappa shape index (κ2) is 2.42. The first kappa shape index (κ1) is 5.25. The van der Waals surface area contributed by atoms with Crippen molar-refractivity contribution in [3.05, 3.63) is 0 Å². The molecule has 0 saturated carbocycles. The van der Waals surface area contributed by atoms with Crippen molar-refractivity contribution in [1.82, 2.24) is 0 Å². The zero-order chi connectivity index (χ0) is 5.11. The van der Waals surface area contributed by atoms with E-state index >= 15 is 0 Å². The Kier molecular flexibility index (Phi) is 1.82. The molecule has 1 aliphatic rings. The van der Waals surface area contributed by atoms with Gasteiger partial charge in [0.25, 0.3) is 0 Å². The molecule has 0 bridgehead atoms. The lowest BCUT2D eigenvalue weighted by molar-refractivity contribution is 0.259. The van der Waals surface area contributed by atoms with Crippen molar-refractivity contribution in [3.8, 4) is 0 Å². The Balaban J connectivity index is 2.12. The summed E-state index contributed by atoms with van der Waals surface area (Å²) in [5, 5.41) is 0. The third-order valence-electron chi connectivity index (χ3n) is 1.03. The van der Waals surface area contributed by atoms with E-state index in [1.54, 1.807) is 0 Å². The van der Waals surface area contributed by atoms with E-state index in [4.69, 9.17) is 4.43 Å². The van der Waals surface area contributed by atoms with Gasteiger partial charge in [0.15, 0.2) is 0 Å². The van der Waals surface area contributed by atoms with Gasteiger partial charge in [0.2, 0.25) is 0 Å². The predicted octanol–water partition coefficient (Wildman–Crippen LogP) is 1.25. The molecule has 0 aromatic carbocycles. The smallest absolute Gasteiger partial charge is 0.390 e. The monoisotopic (exact) mass is 119 g/mol. The summed E-state index contributed by atoms with van der Waals surface area (Å²) < 4.78 is 16.8. The normalized spacial score (nSPS) is 25.3. The Morgan fingerprint density at radius 3 is 2.57 bits per heavy atom. The first-order valence-electron chi connectivity index (χ1n) is 2.54. The van der Waals surface area contributed by atoms with Crippen LogP contribution in [0.3, 0.4) is 0 Å². The number of hydrogen-bond donors (Lipinski definition) is 0. The van der Waals surface area contributed by atoms with Crippen LogP contribution in [0.15, 0.2) is 0 Å². The van der Waals surface area contributed by atoms with Crippen LogP contribution in [0.2, 0.25) is 6.04 Å². The minimum atomic E-state index is -1.79. The highest BCUT2D eigenvalue weighted by Crippen LogP contribution is 2.10. The molecule has 3 heteroatoms. The fourth-order valence-electron chi connectivity index (χ4n) is 0.621. The standard InChI is InChI=1S/C4H8FOSi/c5-7-4-2-1-3-6-7/h1-4H2. The summed E-state index contributed by atoms with van der Waals surface area (Å²) in [5.41, 5.74) is 0. The maximum absolute atomic E-state index is 12.1. The van der Waals surface area contributed by atoms with Crippen LogP contribution < -0.4 is 0 Å². The van der Waals surface area contributed by atoms with Crippen LogP contribution in [0.4, 0.5) is 4.11 Å². The minimum absolute atomic E-state index is 0.658. The van der Waals surface area contributed by atoms with Gasteiger partial charge in [0.1, 0.15) is 0 Å². The highest BCUT2D eigenvalue weighted by atomic mass is 28.3. The van der Waals surface area contributed by atoms with E-state index in [1.807, 2.05) is 0 Å². The van der Waals surface area contributed by atoms with Crippen molar-refractivity contribution in [2.24, 2.45) is 0 Å². The van der Waals surface area contributed by atoms with Crippen molar-refractivity contribution in [1.29, 1.82) is 0 Å². The summed E-state index contributed by atoms with van der Waals surface area (Å²) in [5.74, 6) is 0. The molecule has 41 valence electrons. The van der Waals surface area contributed by atoms with Gasteiger partial charge in [-0.25, -0.2) is 0 Å². The highest BCUT2D eigenvalue weighted by Gasteiger charge is 2.16. The van der Waals surface area contributed by atoms with Gasteiger partial charge >= 0.3 is 9.37 Å². The maximum Gasteiger partial charge on any atom is 0.433 e. The maximum atomic E-state index is 12.1. The molecule has 0 aromatic rings. The van der Waals surface area contributed by atoms with Crippen molar-refractivity contribution >= 4 is 9.37 Å². The van der Waals surface area contributed by atoms with Crippen LogP contribution >= 0.6 is 0 Å². The van der Waals surface area contributed by atoms with E-state index in [-0.39, 0.29) is 0 Å². The Morgan fingerprint density at radius 2 is 2.29 bits per heavy atom. The number of rotatable bonds is 0. The zero-order valence-electron chi connectivity index (χ0n) is 4.11. The van der Waals surface area contributed by atoms with Gasteiger partial charge in [-0.2, -0.15) is 0 Å². The Labute approximate surface area is 44.4 Å². The lowest BCUT2D eigenvalue weighted by Crippen LogP contribution is -2.17. The van der Waals surface area contributed by atoms with Crippen LogP contribution in [-0.4, -0.2) is 16.0 Å². The number of hydrogen-bond acceptors (Lipinski definition) is 1. The molecule has 0 aromatic heterocycles. The Bertz CT molecular complexity index is 53.7. The van der Waals surface area contributed by atoms with Gasteiger partial charge in [-0.05, 0) is 18.9 Å². The molecule has 0 spiro atoms. The molecule has 0 amide bonds. The summed E-state index contributed by atoms with van der Waals surface area (Å²) in [6, 6.07) is 0.699. The van der Waals surface area contributed by atoms with Gasteiger partial charge in [-0.15, -0.1) is 0 Å². The molecule has 0 aliphatic carbocycles. The molecule has 1 nitrogen and oxygen atoms in total. The molecule has 0 atom stereocenters. The molecule has 1 saturated heterocycles. The molecular formula is C4H8FOSi. The molecule has 0 N–H and O–H groups in total. The van der Waals surface area contributed by atoms with Crippen molar-refractivity contribution in [2.45, 2.75) is 18.9 Å². The largest absolute Gasteiger partial charge is 0.433 e. The van der Waals surface area contributed by atoms with Crippen LogP contribution in [0, 0.1) is 0 Å². The lowest BCUT2D eigenvalue weighted by atomic mass is 10.4. The van der Waals surface area contributed by atoms with E-state index in [1.165, 1.54) is 0 Å². The van der Waals surface area contributed by atoms with E-state index in [2.05, 4.69) is 0 Å². The first-order chi connectivity index (χ1) is 3.39.